The topological polar surface area (TPSA) is 213 Å². The minimum Gasteiger partial charge on any atom is -0.495 e. The third kappa shape index (κ3) is 11.6. The molecule has 4 amide bonds. The fourth-order valence-electron chi connectivity index (χ4n) is 13.7. The van der Waals surface area contributed by atoms with Crippen LogP contribution in [-0.2, 0) is 39.5 Å². The van der Waals surface area contributed by atoms with Gasteiger partial charge in [0.1, 0.15) is 33.4 Å². The lowest BCUT2D eigenvalue weighted by Crippen LogP contribution is -2.45. The van der Waals surface area contributed by atoms with Crippen molar-refractivity contribution in [1.82, 2.24) is 9.97 Å². The lowest BCUT2D eigenvalue weighted by molar-refractivity contribution is -0.125. The summed E-state index contributed by atoms with van der Waals surface area (Å²) in [6, 6.07) is 21.4. The van der Waals surface area contributed by atoms with E-state index in [2.05, 4.69) is 72.8 Å². The molecule has 2 saturated carbocycles. The van der Waals surface area contributed by atoms with Crippen LogP contribution < -0.4 is 30.7 Å². The molecule has 2 aliphatic carbocycles. The summed E-state index contributed by atoms with van der Waals surface area (Å²) >= 11 is 25.0. The second-order valence-electron chi connectivity index (χ2n) is 24.4. The zero-order valence-corrected chi connectivity index (χ0v) is 51.8. The quantitative estimate of drug-likeness (QED) is 0.0665. The molecule has 0 saturated heterocycles. The van der Waals surface area contributed by atoms with Crippen LogP contribution in [0.2, 0.25) is 20.4 Å². The first kappa shape index (κ1) is 63.1. The van der Waals surface area contributed by atoms with Crippen molar-refractivity contribution in [2.24, 2.45) is 34.5 Å². The Morgan fingerprint density at radius 3 is 1.29 bits per heavy atom. The summed E-state index contributed by atoms with van der Waals surface area (Å²) < 4.78 is 52.4. The van der Waals surface area contributed by atoms with Crippen molar-refractivity contribution < 1.29 is 56.5 Å². The van der Waals surface area contributed by atoms with Crippen LogP contribution >= 0.6 is 46.4 Å². The molecule has 2 fully saturated rings. The van der Waals surface area contributed by atoms with Gasteiger partial charge in [-0.05, 0) is 120 Å². The highest BCUT2D eigenvalue weighted by Crippen LogP contribution is 2.66. The summed E-state index contributed by atoms with van der Waals surface area (Å²) in [5.74, 6) is -7.95. The van der Waals surface area contributed by atoms with E-state index in [9.17, 15) is 28.8 Å². The molecule has 452 valence electrons. The van der Waals surface area contributed by atoms with Crippen molar-refractivity contribution in [2.45, 2.75) is 89.9 Å². The maximum Gasteiger partial charge on any atom is 0.337 e. The molecule has 2 aromatic heterocycles. The first-order valence-electron chi connectivity index (χ1n) is 27.6. The van der Waals surface area contributed by atoms with E-state index < -0.39 is 69.9 Å². The molecule has 2 aliphatic heterocycles. The Morgan fingerprint density at radius 1 is 0.581 bits per heavy atom. The molecule has 2 spiro atoms. The fourth-order valence-corrected chi connectivity index (χ4v) is 14.4. The number of ether oxygens (including phenoxy) is 4. The van der Waals surface area contributed by atoms with Crippen molar-refractivity contribution in [3.05, 3.63) is 163 Å². The highest BCUT2D eigenvalue weighted by atomic mass is 35.5. The molecule has 4 N–H and O–H groups in total. The number of benzene rings is 4. The summed E-state index contributed by atoms with van der Waals surface area (Å²) in [4.78, 5) is 89.8. The van der Waals surface area contributed by atoms with Crippen LogP contribution in [0.25, 0.3) is 0 Å². The van der Waals surface area contributed by atoms with E-state index >= 15 is 8.78 Å². The number of halogens is 6. The maximum atomic E-state index is 16.0. The Hall–Kier alpha value is -7.38. The van der Waals surface area contributed by atoms with Crippen molar-refractivity contribution in [2.75, 3.05) is 49.7 Å². The number of nitrogens with zero attached hydrogens (tertiary/aromatic N) is 2. The first-order chi connectivity index (χ1) is 40.6. The smallest absolute Gasteiger partial charge is 0.337 e. The second kappa shape index (κ2) is 24.4. The van der Waals surface area contributed by atoms with E-state index in [1.165, 1.54) is 64.8 Å². The molecule has 16 nitrogen and oxygen atoms in total. The summed E-state index contributed by atoms with van der Waals surface area (Å²) in [6.45, 7) is 12.4. The molecule has 4 aromatic carbocycles. The number of amides is 4. The number of nitrogens with one attached hydrogen (secondary N) is 4. The van der Waals surface area contributed by atoms with Crippen LogP contribution in [0, 0.1) is 46.1 Å². The van der Waals surface area contributed by atoms with Gasteiger partial charge >= 0.3 is 11.9 Å². The number of anilines is 4. The van der Waals surface area contributed by atoms with Crippen LogP contribution in [-0.4, -0.2) is 74.0 Å². The Balaban J connectivity index is 0.000000205. The summed E-state index contributed by atoms with van der Waals surface area (Å²) in [7, 11) is 5.37. The van der Waals surface area contributed by atoms with E-state index in [0.29, 0.717) is 46.7 Å². The van der Waals surface area contributed by atoms with Crippen LogP contribution in [0.1, 0.15) is 122 Å². The maximum absolute atomic E-state index is 16.0. The van der Waals surface area contributed by atoms with Gasteiger partial charge in [0.15, 0.2) is 0 Å². The van der Waals surface area contributed by atoms with Gasteiger partial charge in [-0.3, -0.25) is 19.2 Å². The van der Waals surface area contributed by atoms with Crippen molar-refractivity contribution >= 4 is 105 Å². The fraction of sp³-hybridized carbons (Fsp3) is 0.375. The number of rotatable bonds is 12. The van der Waals surface area contributed by atoms with Crippen LogP contribution in [0.15, 0.2) is 97.3 Å². The van der Waals surface area contributed by atoms with Crippen molar-refractivity contribution in [3.8, 4) is 11.5 Å². The number of esters is 2. The molecule has 6 aromatic rings. The standard InChI is InChI=1S/2C32H32Cl2FN3O5/c2*1-31(2,3)14-17-12-19(28(39)37-22-10-9-16(29(40)43-5)11-24(22)42-4)26(18-7-6-8-21(33)27(18)35)32(17)20-15-36-25(34)13-23(20)38-30(32)41/h2*6-11,13,15,17,19,26H,12,14H2,1-5H3,(H,37,39)(H,38,41)/t2*17-,19+,26-,32-/m10/s1. The van der Waals surface area contributed by atoms with Gasteiger partial charge in [0.25, 0.3) is 0 Å². The van der Waals surface area contributed by atoms with Gasteiger partial charge in [0.05, 0.1) is 71.8 Å². The predicted octanol–water partition coefficient (Wildman–Crippen LogP) is 14.0. The average Bonchev–Trinajstić information content (AvgIpc) is 1.55. The molecule has 0 bridgehead atoms. The Kier molecular flexibility index (Phi) is 17.9. The number of hydrogen-bond donors (Lipinski definition) is 4. The number of pyridine rings is 2. The summed E-state index contributed by atoms with van der Waals surface area (Å²) in [5, 5.41) is 11.9. The highest BCUT2D eigenvalue weighted by Gasteiger charge is 2.68. The number of aromatic nitrogens is 2. The third-order valence-electron chi connectivity index (χ3n) is 16.8. The van der Waals surface area contributed by atoms with E-state index in [-0.39, 0.29) is 101 Å². The Bertz CT molecular complexity index is 3490. The van der Waals surface area contributed by atoms with Gasteiger partial charge in [-0.1, -0.05) is 112 Å². The molecule has 10 rings (SSSR count). The first-order valence-corrected chi connectivity index (χ1v) is 29.1. The zero-order valence-electron chi connectivity index (χ0n) is 48.8. The van der Waals surface area contributed by atoms with Crippen LogP contribution in [0.3, 0.4) is 0 Å². The number of fused-ring (bicyclic) bond motifs is 4. The number of carbonyl (C=O) groups is 6. The molecule has 0 radical (unpaired) electrons. The number of hydrogen-bond acceptors (Lipinski definition) is 12. The van der Waals surface area contributed by atoms with Crippen LogP contribution in [0.5, 0.6) is 11.5 Å². The van der Waals surface area contributed by atoms with Crippen molar-refractivity contribution in [1.29, 1.82) is 0 Å². The number of methoxy groups -OCH3 is 4. The average molecular weight is 1260 g/mol. The van der Waals surface area contributed by atoms with Crippen molar-refractivity contribution in [3.63, 3.8) is 0 Å². The molecular formula is C64H64Cl4F2N6O10. The SMILES string of the molecule is COC(=O)c1ccc(NC(=O)[C@@H]2C[C@@H](CC(C)(C)C)[C@@]3(C(=O)Nc4cc(Cl)ncc43)[C@H]2c2cccc(Cl)c2F)c(OC)c1.COC(=O)c1ccc(NC(=O)[C@H]2C[C@H](CC(C)(C)C)[C@]3(C(=O)Nc4cc(Cl)ncc43)[C@@H]2c2cccc(Cl)c2F)c(OC)c1. The monoisotopic (exact) mass is 1250 g/mol. The lowest BCUT2D eigenvalue weighted by Gasteiger charge is -2.38. The normalized spacial score (nSPS) is 22.7. The molecule has 86 heavy (non-hydrogen) atoms. The van der Waals surface area contributed by atoms with E-state index in [0.717, 1.165) is 0 Å². The molecule has 22 heteroatoms. The Labute approximate surface area is 516 Å². The Morgan fingerprint density at radius 2 is 0.953 bits per heavy atom. The predicted molar refractivity (Wildman–Crippen MR) is 325 cm³/mol. The lowest BCUT2D eigenvalue weighted by atomic mass is 9.62. The molecule has 4 aliphatic rings. The van der Waals surface area contributed by atoms with Gasteiger partial charge in [-0.2, -0.15) is 0 Å². The highest BCUT2D eigenvalue weighted by molar-refractivity contribution is 6.31. The largest absolute Gasteiger partial charge is 0.495 e. The minimum atomic E-state index is -1.34. The molecule has 4 heterocycles. The molecule has 8 atom stereocenters. The van der Waals surface area contributed by atoms with Gasteiger partial charge < -0.3 is 40.2 Å². The van der Waals surface area contributed by atoms with Gasteiger partial charge in [0.2, 0.25) is 23.6 Å². The van der Waals surface area contributed by atoms with Gasteiger partial charge in [-0.25, -0.2) is 28.3 Å². The second-order valence-corrected chi connectivity index (χ2v) is 26.0. The zero-order chi connectivity index (χ0) is 62.5. The van der Waals surface area contributed by atoms with Crippen LogP contribution in [0.4, 0.5) is 31.5 Å². The third-order valence-corrected chi connectivity index (χ3v) is 17.8. The minimum absolute atomic E-state index is 0.112. The molecular weight excluding hydrogens is 1190 g/mol. The van der Waals surface area contributed by atoms with E-state index in [1.54, 1.807) is 60.9 Å². The summed E-state index contributed by atoms with van der Waals surface area (Å²) in [6.07, 6.45) is 4.77. The van der Waals surface area contributed by atoms with Gasteiger partial charge in [-0.15, -0.1) is 0 Å². The van der Waals surface area contributed by atoms with E-state index in [1.807, 2.05) is 0 Å². The van der Waals surface area contributed by atoms with Gasteiger partial charge in [0, 0.05) is 58.6 Å². The summed E-state index contributed by atoms with van der Waals surface area (Å²) in [5.41, 5.74) is 0.364. The number of carbonyl (C=O) groups excluding carboxylic acids is 6. The van der Waals surface area contributed by atoms with E-state index in [4.69, 9.17) is 65.4 Å². The molecule has 0 unspecified atom stereocenters.